The van der Waals surface area contributed by atoms with Crippen LogP contribution in [-0.4, -0.2) is 0 Å². The van der Waals surface area contributed by atoms with Crippen LogP contribution in [0.2, 0.25) is 0 Å². The normalized spacial score (nSPS) is 9.29. The van der Waals surface area contributed by atoms with Gasteiger partial charge in [-0.1, -0.05) is 67.6 Å². The van der Waals surface area contributed by atoms with Crippen LogP contribution in [0, 0.1) is 0 Å². The van der Waals surface area contributed by atoms with Gasteiger partial charge in [0, 0.05) is 5.92 Å². The molecule has 2 aromatic carbocycles. The molecule has 17 heavy (non-hydrogen) atoms. The highest BCUT2D eigenvalue weighted by Crippen LogP contribution is 2.26. The van der Waals surface area contributed by atoms with Gasteiger partial charge in [0.05, 0.1) is 0 Å². The Balaban J connectivity index is 0.00000128. The molecule has 0 heterocycles. The van der Waals surface area contributed by atoms with Gasteiger partial charge in [-0.2, -0.15) is 0 Å². The van der Waals surface area contributed by atoms with Crippen LogP contribution in [0.15, 0.2) is 60.7 Å². The summed E-state index contributed by atoms with van der Waals surface area (Å²) in [6.45, 7) is 2.24. The largest absolute Gasteiger partial charge is 0.344 e. The molecule has 2 aromatic rings. The molecule has 6 N–H and O–H groups in total. The molecule has 0 aliphatic rings. The predicted molar refractivity (Wildman–Crippen MR) is 75.1 cm³/mol. The summed E-state index contributed by atoms with van der Waals surface area (Å²) in [5.74, 6) is 0.535. The summed E-state index contributed by atoms with van der Waals surface area (Å²) in [7, 11) is 0. The summed E-state index contributed by atoms with van der Waals surface area (Å²) < 4.78 is 0. The first-order valence-electron chi connectivity index (χ1n) is 5.51. The van der Waals surface area contributed by atoms with E-state index < -0.39 is 0 Å². The predicted octanol–water partition coefficient (Wildman–Crippen LogP) is 4.55. The van der Waals surface area contributed by atoms with Crippen molar-refractivity contribution >= 4 is 0 Å². The monoisotopic (exact) mass is 230 g/mol. The van der Waals surface area contributed by atoms with E-state index in [0.717, 1.165) is 6.42 Å². The number of hydrogen-bond acceptors (Lipinski definition) is 2. The highest BCUT2D eigenvalue weighted by Gasteiger charge is 2.10. The quantitative estimate of drug-likeness (QED) is 0.811. The number of hydrogen-bond donors (Lipinski definition) is 2. The molecule has 0 amide bonds. The van der Waals surface area contributed by atoms with Gasteiger partial charge >= 0.3 is 0 Å². The molecule has 0 aliphatic heterocycles. The van der Waals surface area contributed by atoms with Crippen molar-refractivity contribution in [3.8, 4) is 0 Å². The third-order valence-electron chi connectivity index (χ3n) is 2.81. The van der Waals surface area contributed by atoms with Crippen molar-refractivity contribution in [2.75, 3.05) is 0 Å². The summed E-state index contributed by atoms with van der Waals surface area (Å²) in [5.41, 5.74) is 2.82. The first kappa shape index (κ1) is 15.4. The minimum atomic E-state index is 0. The molecule has 2 rings (SSSR count). The maximum absolute atomic E-state index is 2.24. The molecule has 0 aliphatic carbocycles. The van der Waals surface area contributed by atoms with E-state index in [1.165, 1.54) is 11.1 Å². The van der Waals surface area contributed by atoms with E-state index in [-0.39, 0.29) is 12.3 Å². The molecule has 2 nitrogen and oxygen atoms in total. The Morgan fingerprint density at radius 3 is 1.35 bits per heavy atom. The Kier molecular flexibility index (Phi) is 6.87. The molecule has 0 saturated heterocycles. The first-order chi connectivity index (χ1) is 7.42. The van der Waals surface area contributed by atoms with Crippen LogP contribution >= 0.6 is 0 Å². The number of benzene rings is 2. The van der Waals surface area contributed by atoms with Crippen LogP contribution in [-0.2, 0) is 0 Å². The van der Waals surface area contributed by atoms with Gasteiger partial charge in [-0.15, -0.1) is 0 Å². The van der Waals surface area contributed by atoms with Crippen LogP contribution in [0.1, 0.15) is 30.4 Å². The molecule has 0 atom stereocenters. The molecule has 0 saturated carbocycles. The van der Waals surface area contributed by atoms with Crippen molar-refractivity contribution in [1.82, 2.24) is 12.3 Å². The summed E-state index contributed by atoms with van der Waals surface area (Å²) in [6, 6.07) is 21.4. The van der Waals surface area contributed by atoms with E-state index >= 15 is 0 Å². The zero-order valence-corrected chi connectivity index (χ0v) is 10.5. The van der Waals surface area contributed by atoms with Gasteiger partial charge in [-0.05, 0) is 17.5 Å². The number of rotatable bonds is 3. The Bertz CT molecular complexity index is 358. The molecule has 2 heteroatoms. The zero-order valence-electron chi connectivity index (χ0n) is 10.5. The molecule has 0 unspecified atom stereocenters. The molecule has 0 radical (unpaired) electrons. The highest BCUT2D eigenvalue weighted by atomic mass is 14.1. The fraction of sp³-hybridized carbons (Fsp3) is 0.200. The van der Waals surface area contributed by atoms with Crippen molar-refractivity contribution in [3.05, 3.63) is 71.8 Å². The van der Waals surface area contributed by atoms with Gasteiger partial charge < -0.3 is 12.3 Å². The SMILES string of the molecule is CCC(c1ccccc1)c1ccccc1.N.N. The highest BCUT2D eigenvalue weighted by molar-refractivity contribution is 5.31. The van der Waals surface area contributed by atoms with Gasteiger partial charge in [-0.25, -0.2) is 0 Å². The van der Waals surface area contributed by atoms with Gasteiger partial charge in [0.15, 0.2) is 0 Å². The van der Waals surface area contributed by atoms with Gasteiger partial charge in [0.2, 0.25) is 0 Å². The average Bonchev–Trinajstić information content (AvgIpc) is 2.33. The lowest BCUT2D eigenvalue weighted by Crippen LogP contribution is -1.98. The fourth-order valence-electron chi connectivity index (χ4n) is 2.03. The fourth-order valence-corrected chi connectivity index (χ4v) is 2.03. The third kappa shape index (κ3) is 3.70. The summed E-state index contributed by atoms with van der Waals surface area (Å²) >= 11 is 0. The maximum Gasteiger partial charge on any atom is 0.00867 e. The molecule has 0 aromatic heterocycles. The van der Waals surface area contributed by atoms with Gasteiger partial charge in [-0.3, -0.25) is 0 Å². The third-order valence-corrected chi connectivity index (χ3v) is 2.81. The lowest BCUT2D eigenvalue weighted by molar-refractivity contribution is 0.777. The van der Waals surface area contributed by atoms with Crippen molar-refractivity contribution in [2.24, 2.45) is 0 Å². The summed E-state index contributed by atoms with van der Waals surface area (Å²) in [6.07, 6.45) is 1.15. The molecule has 0 spiro atoms. The summed E-state index contributed by atoms with van der Waals surface area (Å²) in [4.78, 5) is 0. The summed E-state index contributed by atoms with van der Waals surface area (Å²) in [5, 5.41) is 0. The molecular weight excluding hydrogens is 208 g/mol. The second-order valence-electron chi connectivity index (χ2n) is 3.78. The minimum absolute atomic E-state index is 0. The van der Waals surface area contributed by atoms with Gasteiger partial charge in [0.1, 0.15) is 0 Å². The van der Waals surface area contributed by atoms with E-state index in [4.69, 9.17) is 0 Å². The smallest absolute Gasteiger partial charge is 0.00867 e. The Labute approximate surface area is 104 Å². The van der Waals surface area contributed by atoms with Crippen LogP contribution < -0.4 is 12.3 Å². The van der Waals surface area contributed by atoms with E-state index in [9.17, 15) is 0 Å². The van der Waals surface area contributed by atoms with Gasteiger partial charge in [0.25, 0.3) is 0 Å². The minimum Gasteiger partial charge on any atom is -0.344 e. The van der Waals surface area contributed by atoms with Crippen molar-refractivity contribution < 1.29 is 0 Å². The molecule has 0 fully saturated rings. The van der Waals surface area contributed by atoms with Crippen LogP contribution in [0.5, 0.6) is 0 Å². The lowest BCUT2D eigenvalue weighted by Gasteiger charge is -2.15. The van der Waals surface area contributed by atoms with E-state index in [0.29, 0.717) is 5.92 Å². The Morgan fingerprint density at radius 1 is 0.706 bits per heavy atom. The van der Waals surface area contributed by atoms with Crippen LogP contribution in [0.4, 0.5) is 0 Å². The molecule has 92 valence electrons. The topological polar surface area (TPSA) is 70.0 Å². The molecular formula is C15H22N2. The van der Waals surface area contributed by atoms with Crippen LogP contribution in [0.3, 0.4) is 0 Å². The van der Waals surface area contributed by atoms with Crippen molar-refractivity contribution in [1.29, 1.82) is 0 Å². The van der Waals surface area contributed by atoms with Crippen molar-refractivity contribution in [2.45, 2.75) is 19.3 Å². The zero-order chi connectivity index (χ0) is 10.5. The Morgan fingerprint density at radius 2 is 1.06 bits per heavy atom. The lowest BCUT2D eigenvalue weighted by atomic mass is 9.89. The Hall–Kier alpha value is -1.64. The van der Waals surface area contributed by atoms with Crippen LogP contribution in [0.25, 0.3) is 0 Å². The van der Waals surface area contributed by atoms with E-state index in [1.807, 2.05) is 0 Å². The standard InChI is InChI=1S/C15H16.2H3N/c1-2-15(13-9-5-3-6-10-13)14-11-7-4-8-12-14;;/h3-12,15H,2H2,1H3;2*1H3. The second-order valence-corrected chi connectivity index (χ2v) is 3.78. The van der Waals surface area contributed by atoms with E-state index in [2.05, 4.69) is 67.6 Å². The average molecular weight is 230 g/mol. The second kappa shape index (κ2) is 7.60. The maximum atomic E-state index is 2.24. The van der Waals surface area contributed by atoms with E-state index in [1.54, 1.807) is 0 Å². The van der Waals surface area contributed by atoms with Crippen molar-refractivity contribution in [3.63, 3.8) is 0 Å². The first-order valence-corrected chi connectivity index (χ1v) is 5.51. The molecule has 0 bridgehead atoms.